The largest absolute Gasteiger partial charge is 0.353 e. The third-order valence-corrected chi connectivity index (χ3v) is 7.21. The quantitative estimate of drug-likeness (QED) is 0.784. The number of sulfonamides is 1. The number of amides is 2. The molecule has 2 N–H and O–H groups in total. The van der Waals surface area contributed by atoms with E-state index in [-0.39, 0.29) is 23.3 Å². The molecule has 2 amide bonds. The minimum Gasteiger partial charge on any atom is -0.353 e. The van der Waals surface area contributed by atoms with E-state index in [4.69, 9.17) is 0 Å². The van der Waals surface area contributed by atoms with E-state index in [1.54, 1.807) is 12.1 Å². The fourth-order valence-corrected chi connectivity index (χ4v) is 5.09. The second kappa shape index (κ2) is 8.34. The molecule has 1 saturated carbocycles. The normalized spacial score (nSPS) is 25.3. The van der Waals surface area contributed by atoms with Crippen LogP contribution in [0, 0.1) is 12.8 Å². The van der Waals surface area contributed by atoms with E-state index in [2.05, 4.69) is 17.6 Å². The monoisotopic (exact) mass is 405 g/mol. The summed E-state index contributed by atoms with van der Waals surface area (Å²) in [5.41, 5.74) is 0.934. The number of carbonyl (C=O) groups is 2. The van der Waals surface area contributed by atoms with Crippen LogP contribution in [0.1, 0.15) is 44.6 Å². The molecule has 1 aromatic carbocycles. The topological polar surface area (TPSA) is 95.6 Å². The van der Waals surface area contributed by atoms with Crippen molar-refractivity contribution in [3.8, 4) is 0 Å². The summed E-state index contributed by atoms with van der Waals surface area (Å²) in [6, 6.07) is 5.39. The Balaban J connectivity index is 1.74. The lowest BCUT2D eigenvalue weighted by atomic mass is 9.87. The van der Waals surface area contributed by atoms with E-state index in [1.807, 2.05) is 6.92 Å². The zero-order valence-corrected chi connectivity index (χ0v) is 17.0. The smallest absolute Gasteiger partial charge is 0.264 e. The molecule has 1 atom stereocenters. The van der Waals surface area contributed by atoms with Crippen molar-refractivity contribution < 1.29 is 18.0 Å². The van der Waals surface area contributed by atoms with Crippen molar-refractivity contribution in [1.82, 2.24) is 14.9 Å². The predicted octanol–water partition coefficient (Wildman–Crippen LogP) is 2.04. The standard InChI is InChI=1S/C20H27N3O4S/c1-14-3-7-16(8-4-14)22-19(24)13-18-20(25)21-11-12-23(18)28(26,27)17-9-5-15(2)6-10-17/h5-6,9-12,14,16,18H,3-4,7-8,13H2,1-2H3,(H,21,25)(H,22,24)/t14?,16?,18-/m1/s1. The molecule has 0 aromatic heterocycles. The van der Waals surface area contributed by atoms with Crippen molar-refractivity contribution in [2.75, 3.05) is 0 Å². The molecule has 1 aromatic rings. The van der Waals surface area contributed by atoms with Crippen LogP contribution in [0.15, 0.2) is 41.6 Å². The number of nitrogens with one attached hydrogen (secondary N) is 2. The SMILES string of the molecule is Cc1ccc(S(=O)(=O)N2C=CNC(=O)[C@H]2CC(=O)NC2CCC(C)CC2)cc1. The molecule has 1 fully saturated rings. The lowest BCUT2D eigenvalue weighted by Gasteiger charge is -2.32. The Bertz CT molecular complexity index is 856. The van der Waals surface area contributed by atoms with Gasteiger partial charge in [-0.1, -0.05) is 24.6 Å². The van der Waals surface area contributed by atoms with Crippen molar-refractivity contribution in [2.24, 2.45) is 5.92 Å². The minimum atomic E-state index is -3.94. The Kier molecular flexibility index (Phi) is 6.07. The van der Waals surface area contributed by atoms with Gasteiger partial charge >= 0.3 is 0 Å². The van der Waals surface area contributed by atoms with Gasteiger partial charge in [0.1, 0.15) is 6.04 Å². The molecule has 28 heavy (non-hydrogen) atoms. The highest BCUT2D eigenvalue weighted by Crippen LogP contribution is 2.25. The van der Waals surface area contributed by atoms with Gasteiger partial charge in [0.25, 0.3) is 10.0 Å². The van der Waals surface area contributed by atoms with Crippen LogP contribution < -0.4 is 10.6 Å². The Morgan fingerprint density at radius 3 is 2.46 bits per heavy atom. The first-order chi connectivity index (χ1) is 13.3. The molecule has 1 heterocycles. The number of aryl methyl sites for hydroxylation is 1. The van der Waals surface area contributed by atoms with Crippen LogP contribution in [0.5, 0.6) is 0 Å². The first kappa shape index (κ1) is 20.4. The molecule has 0 saturated heterocycles. The molecule has 8 heteroatoms. The van der Waals surface area contributed by atoms with Crippen LogP contribution in [-0.2, 0) is 19.6 Å². The van der Waals surface area contributed by atoms with Crippen molar-refractivity contribution >= 4 is 21.8 Å². The van der Waals surface area contributed by atoms with E-state index >= 15 is 0 Å². The van der Waals surface area contributed by atoms with E-state index in [9.17, 15) is 18.0 Å². The van der Waals surface area contributed by atoms with Gasteiger partial charge in [0.05, 0.1) is 11.3 Å². The maximum Gasteiger partial charge on any atom is 0.264 e. The van der Waals surface area contributed by atoms with E-state index in [1.165, 1.54) is 24.5 Å². The molecule has 7 nitrogen and oxygen atoms in total. The third-order valence-electron chi connectivity index (χ3n) is 5.41. The molecule has 0 spiro atoms. The average molecular weight is 406 g/mol. The van der Waals surface area contributed by atoms with Crippen molar-refractivity contribution in [3.63, 3.8) is 0 Å². The van der Waals surface area contributed by atoms with Crippen LogP contribution in [0.2, 0.25) is 0 Å². The van der Waals surface area contributed by atoms with Crippen LogP contribution >= 0.6 is 0 Å². The van der Waals surface area contributed by atoms with Gasteiger partial charge in [-0.3, -0.25) is 13.9 Å². The molecule has 2 aliphatic rings. The highest BCUT2D eigenvalue weighted by atomic mass is 32.2. The third kappa shape index (κ3) is 4.55. The van der Waals surface area contributed by atoms with Crippen molar-refractivity contribution in [2.45, 2.75) is 62.9 Å². The summed E-state index contributed by atoms with van der Waals surface area (Å²) >= 11 is 0. The van der Waals surface area contributed by atoms with Gasteiger partial charge in [-0.2, -0.15) is 0 Å². The van der Waals surface area contributed by atoms with Crippen LogP contribution in [0.25, 0.3) is 0 Å². The van der Waals surface area contributed by atoms with E-state index in [0.29, 0.717) is 5.92 Å². The Labute approximate surface area is 166 Å². The van der Waals surface area contributed by atoms with Gasteiger partial charge in [-0.15, -0.1) is 0 Å². The second-order valence-corrected chi connectivity index (χ2v) is 9.56. The second-order valence-electron chi connectivity index (χ2n) is 7.72. The molecule has 1 aliphatic carbocycles. The molecule has 3 rings (SSSR count). The molecular formula is C20H27N3O4S. The summed E-state index contributed by atoms with van der Waals surface area (Å²) in [5, 5.41) is 5.47. The number of hydrogen-bond donors (Lipinski definition) is 2. The number of nitrogens with zero attached hydrogens (tertiary/aromatic N) is 1. The Morgan fingerprint density at radius 2 is 1.82 bits per heavy atom. The maximum atomic E-state index is 13.0. The highest BCUT2D eigenvalue weighted by molar-refractivity contribution is 7.89. The lowest BCUT2D eigenvalue weighted by molar-refractivity contribution is -0.129. The Morgan fingerprint density at radius 1 is 1.18 bits per heavy atom. The zero-order valence-electron chi connectivity index (χ0n) is 16.2. The van der Waals surface area contributed by atoms with Crippen molar-refractivity contribution in [1.29, 1.82) is 0 Å². The van der Waals surface area contributed by atoms with Gasteiger partial charge in [0.2, 0.25) is 11.8 Å². The zero-order chi connectivity index (χ0) is 20.3. The predicted molar refractivity (Wildman–Crippen MR) is 105 cm³/mol. The summed E-state index contributed by atoms with van der Waals surface area (Å²) in [5.74, 6) is -0.151. The van der Waals surface area contributed by atoms with Crippen LogP contribution in [0.3, 0.4) is 0 Å². The lowest BCUT2D eigenvalue weighted by Crippen LogP contribution is -2.51. The first-order valence-electron chi connectivity index (χ1n) is 9.64. The summed E-state index contributed by atoms with van der Waals surface area (Å²) in [7, 11) is -3.94. The first-order valence-corrected chi connectivity index (χ1v) is 11.1. The maximum absolute atomic E-state index is 13.0. The summed E-state index contributed by atoms with van der Waals surface area (Å²) in [6.07, 6.45) is 6.32. The van der Waals surface area contributed by atoms with Gasteiger partial charge < -0.3 is 10.6 Å². The highest BCUT2D eigenvalue weighted by Gasteiger charge is 2.37. The van der Waals surface area contributed by atoms with Crippen LogP contribution in [-0.4, -0.2) is 36.6 Å². The van der Waals surface area contributed by atoms with Crippen molar-refractivity contribution in [3.05, 3.63) is 42.2 Å². The van der Waals surface area contributed by atoms with E-state index in [0.717, 1.165) is 35.6 Å². The summed E-state index contributed by atoms with van der Waals surface area (Å²) in [6.45, 7) is 4.06. The van der Waals surface area contributed by atoms with Gasteiger partial charge in [-0.05, 0) is 50.7 Å². The van der Waals surface area contributed by atoms with E-state index < -0.39 is 22.0 Å². The number of benzene rings is 1. The number of rotatable bonds is 5. The molecule has 0 radical (unpaired) electrons. The number of hydrogen-bond acceptors (Lipinski definition) is 4. The summed E-state index contributed by atoms with van der Waals surface area (Å²) in [4.78, 5) is 25.0. The van der Waals surface area contributed by atoms with Gasteiger partial charge in [-0.25, -0.2) is 8.42 Å². The molecule has 0 unspecified atom stereocenters. The Hall–Kier alpha value is -2.35. The fourth-order valence-electron chi connectivity index (χ4n) is 3.64. The molecule has 152 valence electrons. The van der Waals surface area contributed by atoms with Gasteiger partial charge in [0.15, 0.2) is 0 Å². The van der Waals surface area contributed by atoms with Crippen LogP contribution in [0.4, 0.5) is 0 Å². The minimum absolute atomic E-state index is 0.0872. The van der Waals surface area contributed by atoms with Gasteiger partial charge in [0, 0.05) is 18.4 Å². The molecule has 0 bridgehead atoms. The number of carbonyl (C=O) groups excluding carboxylic acids is 2. The average Bonchev–Trinajstić information content (AvgIpc) is 2.65. The molecule has 1 aliphatic heterocycles. The summed E-state index contributed by atoms with van der Waals surface area (Å²) < 4.78 is 27.0. The fraction of sp³-hybridized carbons (Fsp3) is 0.500. The molecular weight excluding hydrogens is 378 g/mol.